The third kappa shape index (κ3) is 3.21. The number of aromatic nitrogens is 3. The normalized spacial score (nSPS) is 12.0. The number of nitrogens with zero attached hydrogens (tertiary/aromatic N) is 3. The van der Waals surface area contributed by atoms with E-state index in [1.807, 2.05) is 0 Å². The van der Waals surface area contributed by atoms with E-state index in [9.17, 15) is 14.4 Å². The molecule has 2 rings (SSSR count). The van der Waals surface area contributed by atoms with Gasteiger partial charge in [-0.1, -0.05) is 0 Å². The minimum Gasteiger partial charge on any atom is -0.480 e. The van der Waals surface area contributed by atoms with Gasteiger partial charge in [0.25, 0.3) is 11.5 Å². The van der Waals surface area contributed by atoms with Crippen molar-refractivity contribution in [2.75, 3.05) is 0 Å². The monoisotopic (exact) mass is 350 g/mol. The fraction of sp³-hybridized carbons (Fsp3) is 0.400. The second-order valence-corrected chi connectivity index (χ2v) is 6.48. The number of carboxylic acid groups (broad SMARTS) is 1. The van der Waals surface area contributed by atoms with Crippen LogP contribution in [-0.4, -0.2) is 37.8 Å². The number of thiazole rings is 1. The van der Waals surface area contributed by atoms with Crippen LogP contribution in [0.3, 0.4) is 0 Å². The highest BCUT2D eigenvalue weighted by molar-refractivity contribution is 7.17. The van der Waals surface area contributed by atoms with Crippen LogP contribution in [0.5, 0.6) is 0 Å². The second-order valence-electron chi connectivity index (χ2n) is 5.48. The minimum absolute atomic E-state index is 0.286. The highest BCUT2D eigenvalue weighted by Crippen LogP contribution is 2.28. The molecule has 0 saturated carbocycles. The van der Waals surface area contributed by atoms with Gasteiger partial charge in [-0.05, 0) is 33.3 Å². The summed E-state index contributed by atoms with van der Waals surface area (Å²) in [4.78, 5) is 40.1. The molecule has 0 saturated heterocycles. The Morgan fingerprint density at radius 3 is 2.46 bits per heavy atom. The average molecular weight is 350 g/mol. The number of amides is 1. The lowest BCUT2D eigenvalue weighted by molar-refractivity contribution is -0.138. The quantitative estimate of drug-likeness (QED) is 0.851. The van der Waals surface area contributed by atoms with Crippen molar-refractivity contribution in [3.63, 3.8) is 0 Å². The lowest BCUT2D eigenvalue weighted by atomic mass is 10.1. The van der Waals surface area contributed by atoms with E-state index in [1.165, 1.54) is 11.6 Å². The van der Waals surface area contributed by atoms with Gasteiger partial charge >= 0.3 is 5.97 Å². The van der Waals surface area contributed by atoms with E-state index in [2.05, 4.69) is 15.4 Å². The molecule has 0 unspecified atom stereocenters. The topological polar surface area (TPSA) is 114 Å². The van der Waals surface area contributed by atoms with Crippen molar-refractivity contribution in [2.24, 2.45) is 7.05 Å². The number of carbonyl (C=O) groups excluding carboxylic acids is 1. The van der Waals surface area contributed by atoms with Crippen molar-refractivity contribution in [3.8, 4) is 10.6 Å². The zero-order valence-corrected chi connectivity index (χ0v) is 14.8. The predicted molar refractivity (Wildman–Crippen MR) is 89.4 cm³/mol. The smallest absolute Gasteiger partial charge is 0.325 e. The van der Waals surface area contributed by atoms with Gasteiger partial charge in [0, 0.05) is 7.05 Å². The molecule has 128 valence electrons. The fourth-order valence-electron chi connectivity index (χ4n) is 2.14. The molecule has 2 N–H and O–H groups in total. The molecule has 2 heterocycles. The van der Waals surface area contributed by atoms with Gasteiger partial charge in [0.2, 0.25) is 0 Å². The summed E-state index contributed by atoms with van der Waals surface area (Å²) in [5, 5.41) is 15.8. The number of aliphatic carboxylic acids is 1. The van der Waals surface area contributed by atoms with Gasteiger partial charge in [0.15, 0.2) is 0 Å². The molecule has 1 amide bonds. The molecule has 8 nitrogen and oxygen atoms in total. The summed E-state index contributed by atoms with van der Waals surface area (Å²) in [6.45, 7) is 6.60. The van der Waals surface area contributed by atoms with Crippen LogP contribution >= 0.6 is 11.3 Å². The van der Waals surface area contributed by atoms with Gasteiger partial charge in [-0.15, -0.1) is 11.3 Å². The Hall–Kier alpha value is -2.55. The zero-order valence-electron chi connectivity index (χ0n) is 14.0. The highest BCUT2D eigenvalue weighted by atomic mass is 32.1. The van der Waals surface area contributed by atoms with Crippen LogP contribution in [0.2, 0.25) is 0 Å². The van der Waals surface area contributed by atoms with E-state index >= 15 is 0 Å². The van der Waals surface area contributed by atoms with Crippen molar-refractivity contribution >= 4 is 23.2 Å². The summed E-state index contributed by atoms with van der Waals surface area (Å²) < 4.78 is 1.24. The van der Waals surface area contributed by atoms with Gasteiger partial charge in [0.05, 0.1) is 17.0 Å². The predicted octanol–water partition coefficient (Wildman–Crippen LogP) is 1.03. The molecule has 0 bridgehead atoms. The van der Waals surface area contributed by atoms with E-state index in [1.54, 1.807) is 27.8 Å². The SMILES string of the molecule is Cc1nc(-c2c(C)c(C)nn(C)c2=O)sc1C(=O)N[C@@H](C)C(=O)O. The maximum atomic E-state index is 12.4. The van der Waals surface area contributed by atoms with Gasteiger partial charge in [-0.3, -0.25) is 14.4 Å². The van der Waals surface area contributed by atoms with Crippen molar-refractivity contribution in [1.82, 2.24) is 20.1 Å². The van der Waals surface area contributed by atoms with Crippen LogP contribution in [-0.2, 0) is 11.8 Å². The Kier molecular flexibility index (Phi) is 4.83. The Labute approximate surface area is 142 Å². The number of rotatable bonds is 4. The van der Waals surface area contributed by atoms with Gasteiger partial charge < -0.3 is 10.4 Å². The summed E-state index contributed by atoms with van der Waals surface area (Å²) in [5.41, 5.74) is 1.96. The zero-order chi connectivity index (χ0) is 18.2. The molecule has 0 aliphatic heterocycles. The van der Waals surface area contributed by atoms with Gasteiger partial charge in [-0.25, -0.2) is 9.67 Å². The lowest BCUT2D eigenvalue weighted by Gasteiger charge is -2.08. The Balaban J connectivity index is 2.49. The highest BCUT2D eigenvalue weighted by Gasteiger charge is 2.23. The molecule has 24 heavy (non-hydrogen) atoms. The van der Waals surface area contributed by atoms with Crippen LogP contribution in [0, 0.1) is 20.8 Å². The molecule has 9 heteroatoms. The molecule has 2 aromatic rings. The molecule has 1 atom stereocenters. The molecule has 0 aliphatic rings. The molecule has 0 spiro atoms. The summed E-state index contributed by atoms with van der Waals surface area (Å²) in [6, 6.07) is -1.01. The molecule has 0 aromatic carbocycles. The van der Waals surface area contributed by atoms with Crippen molar-refractivity contribution < 1.29 is 14.7 Å². The summed E-state index contributed by atoms with van der Waals surface area (Å²) >= 11 is 1.06. The molecule has 0 radical (unpaired) electrons. The van der Waals surface area contributed by atoms with Crippen LogP contribution in [0.25, 0.3) is 10.6 Å². The van der Waals surface area contributed by atoms with Crippen molar-refractivity contribution in [1.29, 1.82) is 0 Å². The Morgan fingerprint density at radius 2 is 1.88 bits per heavy atom. The van der Waals surface area contributed by atoms with Crippen LogP contribution in [0.1, 0.15) is 33.5 Å². The maximum absolute atomic E-state index is 12.4. The first-order chi connectivity index (χ1) is 11.1. The first-order valence-electron chi connectivity index (χ1n) is 7.19. The average Bonchev–Trinajstić information content (AvgIpc) is 2.87. The Bertz CT molecular complexity index is 884. The van der Waals surface area contributed by atoms with E-state index in [0.29, 0.717) is 27.5 Å². The van der Waals surface area contributed by atoms with Crippen LogP contribution < -0.4 is 10.9 Å². The van der Waals surface area contributed by atoms with Crippen LogP contribution in [0.4, 0.5) is 0 Å². The van der Waals surface area contributed by atoms with E-state index in [0.717, 1.165) is 11.3 Å². The molecule has 2 aromatic heterocycles. The van der Waals surface area contributed by atoms with Gasteiger partial charge in [0.1, 0.15) is 15.9 Å². The third-order valence-electron chi connectivity index (χ3n) is 3.66. The van der Waals surface area contributed by atoms with Crippen LogP contribution in [0.15, 0.2) is 4.79 Å². The summed E-state index contributed by atoms with van der Waals surface area (Å²) in [5.74, 6) is -1.65. The first kappa shape index (κ1) is 17.8. The number of carbonyl (C=O) groups is 2. The number of hydrogen-bond acceptors (Lipinski definition) is 6. The second kappa shape index (κ2) is 6.52. The van der Waals surface area contributed by atoms with Crippen molar-refractivity contribution in [2.45, 2.75) is 33.7 Å². The molecular formula is C15H18N4O4S. The van der Waals surface area contributed by atoms with E-state index in [-0.39, 0.29) is 10.4 Å². The maximum Gasteiger partial charge on any atom is 0.325 e. The largest absolute Gasteiger partial charge is 0.480 e. The summed E-state index contributed by atoms with van der Waals surface area (Å²) in [7, 11) is 1.56. The lowest BCUT2D eigenvalue weighted by Crippen LogP contribution is -2.38. The third-order valence-corrected chi connectivity index (χ3v) is 4.83. The number of hydrogen-bond donors (Lipinski definition) is 2. The summed E-state index contributed by atoms with van der Waals surface area (Å²) in [6.07, 6.45) is 0. The number of carboxylic acids is 1. The number of nitrogens with one attached hydrogen (secondary N) is 1. The Morgan fingerprint density at radius 1 is 1.25 bits per heavy atom. The molecular weight excluding hydrogens is 332 g/mol. The van der Waals surface area contributed by atoms with E-state index < -0.39 is 17.9 Å². The first-order valence-corrected chi connectivity index (χ1v) is 8.01. The molecule has 0 fully saturated rings. The van der Waals surface area contributed by atoms with Gasteiger partial charge in [-0.2, -0.15) is 5.10 Å². The fourth-order valence-corrected chi connectivity index (χ4v) is 3.20. The standard InChI is InChI=1S/C15H18N4O4S/c1-6-7(2)18-19(5)14(21)10(6)13-17-8(3)11(24-13)12(20)16-9(4)15(22)23/h9H,1-5H3,(H,16,20)(H,22,23)/t9-/m0/s1. The van der Waals surface area contributed by atoms with E-state index in [4.69, 9.17) is 5.11 Å². The number of aryl methyl sites for hydroxylation is 3. The molecule has 0 aliphatic carbocycles. The van der Waals surface area contributed by atoms with Crippen molar-refractivity contribution in [3.05, 3.63) is 32.2 Å². The minimum atomic E-state index is -1.12.